The fraction of sp³-hybridized carbons (Fsp3) is 0.842. The molecule has 3 aliphatic rings. The highest BCUT2D eigenvalue weighted by Gasteiger charge is 2.47. The number of rotatable bonds is 3. The number of carbonyl (C=O) groups is 2. The van der Waals surface area contributed by atoms with Gasteiger partial charge < -0.3 is 14.7 Å². The summed E-state index contributed by atoms with van der Waals surface area (Å²) < 4.78 is 0. The van der Waals surface area contributed by atoms with Crippen molar-refractivity contribution >= 4 is 11.9 Å². The predicted molar refractivity (Wildman–Crippen MR) is 94.6 cm³/mol. The number of fused-ring (bicyclic) bond motifs is 1. The Bertz CT molecular complexity index is 568. The lowest BCUT2D eigenvalue weighted by Crippen LogP contribution is -2.38. The second-order valence-corrected chi connectivity index (χ2v) is 8.70. The molecule has 138 valence electrons. The Morgan fingerprint density at radius 1 is 1.24 bits per heavy atom. The minimum atomic E-state index is -0.214. The van der Waals surface area contributed by atoms with Gasteiger partial charge in [0.15, 0.2) is 0 Å². The van der Waals surface area contributed by atoms with Crippen LogP contribution >= 0.6 is 0 Å². The third-order valence-corrected chi connectivity index (χ3v) is 6.40. The number of urea groups is 1. The van der Waals surface area contributed by atoms with Crippen molar-refractivity contribution in [3.8, 4) is 6.07 Å². The van der Waals surface area contributed by atoms with E-state index in [9.17, 15) is 9.59 Å². The molecule has 6 heteroatoms. The molecule has 4 atom stereocenters. The first-order valence-electron chi connectivity index (χ1n) is 9.48. The summed E-state index contributed by atoms with van der Waals surface area (Å²) in [5.74, 6) is 1.29. The Kier molecular flexibility index (Phi) is 4.95. The van der Waals surface area contributed by atoms with Crippen molar-refractivity contribution in [2.45, 2.75) is 51.5 Å². The predicted octanol–water partition coefficient (Wildman–Crippen LogP) is 2.31. The number of hydrogen-bond acceptors (Lipinski definition) is 3. The SMILES string of the molecule is CN(C)C(=O)N1C[C@@H]2CC(C)(CCC(=O)N3CCC[C@H]3C#N)C[C@@H]2C1. The van der Waals surface area contributed by atoms with Crippen LogP contribution in [0.2, 0.25) is 0 Å². The average molecular weight is 346 g/mol. The molecule has 2 saturated heterocycles. The van der Waals surface area contributed by atoms with Crippen molar-refractivity contribution in [2.75, 3.05) is 33.7 Å². The second kappa shape index (κ2) is 6.86. The summed E-state index contributed by atoms with van der Waals surface area (Å²) in [6, 6.07) is 2.15. The van der Waals surface area contributed by atoms with Crippen LogP contribution in [0.1, 0.15) is 45.4 Å². The van der Waals surface area contributed by atoms with E-state index in [2.05, 4.69) is 13.0 Å². The molecule has 3 rings (SSSR count). The first-order valence-corrected chi connectivity index (χ1v) is 9.48. The molecule has 6 nitrogen and oxygen atoms in total. The van der Waals surface area contributed by atoms with Crippen LogP contribution in [0.25, 0.3) is 0 Å². The molecule has 2 aliphatic heterocycles. The topological polar surface area (TPSA) is 67.7 Å². The molecule has 1 unspecified atom stereocenters. The van der Waals surface area contributed by atoms with Gasteiger partial charge in [-0.25, -0.2) is 4.79 Å². The summed E-state index contributed by atoms with van der Waals surface area (Å²) in [5, 5.41) is 9.15. The van der Waals surface area contributed by atoms with Crippen LogP contribution in [0, 0.1) is 28.6 Å². The van der Waals surface area contributed by atoms with Gasteiger partial charge in [0.1, 0.15) is 6.04 Å². The van der Waals surface area contributed by atoms with E-state index in [-0.39, 0.29) is 23.4 Å². The number of nitriles is 1. The summed E-state index contributed by atoms with van der Waals surface area (Å²) in [5.41, 5.74) is 0.195. The fourth-order valence-electron chi connectivity index (χ4n) is 5.15. The van der Waals surface area contributed by atoms with Crippen LogP contribution in [-0.4, -0.2) is 66.4 Å². The molecule has 1 saturated carbocycles. The van der Waals surface area contributed by atoms with E-state index in [0.717, 1.165) is 51.7 Å². The molecular weight excluding hydrogens is 316 g/mol. The molecule has 1 aliphatic carbocycles. The van der Waals surface area contributed by atoms with Gasteiger partial charge in [0, 0.05) is 40.2 Å². The van der Waals surface area contributed by atoms with Crippen LogP contribution in [-0.2, 0) is 4.79 Å². The van der Waals surface area contributed by atoms with Gasteiger partial charge in [0.05, 0.1) is 6.07 Å². The largest absolute Gasteiger partial charge is 0.331 e. The van der Waals surface area contributed by atoms with Crippen LogP contribution < -0.4 is 0 Å². The Hall–Kier alpha value is -1.77. The Balaban J connectivity index is 1.50. The van der Waals surface area contributed by atoms with Gasteiger partial charge in [-0.3, -0.25) is 4.79 Å². The lowest BCUT2D eigenvalue weighted by atomic mass is 9.82. The van der Waals surface area contributed by atoms with E-state index >= 15 is 0 Å². The van der Waals surface area contributed by atoms with Crippen molar-refractivity contribution in [2.24, 2.45) is 17.3 Å². The smallest absolute Gasteiger partial charge is 0.319 e. The maximum Gasteiger partial charge on any atom is 0.319 e. The van der Waals surface area contributed by atoms with Gasteiger partial charge in [0.25, 0.3) is 0 Å². The van der Waals surface area contributed by atoms with Crippen LogP contribution in [0.15, 0.2) is 0 Å². The third kappa shape index (κ3) is 3.61. The maximum atomic E-state index is 12.5. The van der Waals surface area contributed by atoms with Crippen LogP contribution in [0.5, 0.6) is 0 Å². The first kappa shape index (κ1) is 18.0. The van der Waals surface area contributed by atoms with E-state index in [1.165, 1.54) is 0 Å². The molecule has 0 aromatic heterocycles. The summed E-state index contributed by atoms with van der Waals surface area (Å²) in [7, 11) is 3.61. The Morgan fingerprint density at radius 2 is 1.88 bits per heavy atom. The van der Waals surface area contributed by atoms with Crippen LogP contribution in [0.3, 0.4) is 0 Å². The molecule has 3 fully saturated rings. The number of carbonyl (C=O) groups excluding carboxylic acids is 2. The van der Waals surface area contributed by atoms with Crippen molar-refractivity contribution in [3.63, 3.8) is 0 Å². The zero-order valence-corrected chi connectivity index (χ0v) is 15.7. The highest BCUT2D eigenvalue weighted by molar-refractivity contribution is 5.77. The Morgan fingerprint density at radius 3 is 2.44 bits per heavy atom. The molecule has 0 spiro atoms. The summed E-state index contributed by atoms with van der Waals surface area (Å²) >= 11 is 0. The summed E-state index contributed by atoms with van der Waals surface area (Å²) in [6.07, 6.45) is 5.41. The zero-order chi connectivity index (χ0) is 18.2. The van der Waals surface area contributed by atoms with Crippen molar-refractivity contribution in [1.29, 1.82) is 5.26 Å². The first-order chi connectivity index (χ1) is 11.8. The molecule has 0 N–H and O–H groups in total. The average Bonchev–Trinajstić information content (AvgIpc) is 3.24. The molecular formula is C19H30N4O2. The monoisotopic (exact) mass is 346 g/mol. The van der Waals surface area contributed by atoms with E-state index < -0.39 is 0 Å². The van der Waals surface area contributed by atoms with Gasteiger partial charge >= 0.3 is 6.03 Å². The lowest BCUT2D eigenvalue weighted by molar-refractivity contribution is -0.131. The third-order valence-electron chi connectivity index (χ3n) is 6.40. The van der Waals surface area contributed by atoms with E-state index in [0.29, 0.717) is 18.3 Å². The van der Waals surface area contributed by atoms with Crippen molar-refractivity contribution < 1.29 is 9.59 Å². The standard InChI is InChI=1S/C19H30N4O2/c1-19(7-6-17(24)23-8-4-5-16(23)11-20)9-14-12-22(13-15(14)10-19)18(25)21(2)3/h14-16H,4-10,12-13H2,1-3H3/t14-,15+,16-,19?/m0/s1. The molecule has 3 amide bonds. The summed E-state index contributed by atoms with van der Waals surface area (Å²) in [4.78, 5) is 30.0. The number of amides is 3. The minimum absolute atomic E-state index is 0.114. The Labute approximate surface area is 150 Å². The van der Waals surface area contributed by atoms with Crippen LogP contribution in [0.4, 0.5) is 4.79 Å². The second-order valence-electron chi connectivity index (χ2n) is 8.70. The lowest BCUT2D eigenvalue weighted by Gasteiger charge is -2.29. The van der Waals surface area contributed by atoms with E-state index in [4.69, 9.17) is 5.26 Å². The van der Waals surface area contributed by atoms with Crippen molar-refractivity contribution in [1.82, 2.24) is 14.7 Å². The van der Waals surface area contributed by atoms with Gasteiger partial charge in [-0.05, 0) is 49.4 Å². The van der Waals surface area contributed by atoms with Crippen molar-refractivity contribution in [3.05, 3.63) is 0 Å². The highest BCUT2D eigenvalue weighted by Crippen LogP contribution is 2.51. The highest BCUT2D eigenvalue weighted by atomic mass is 16.2. The molecule has 0 radical (unpaired) electrons. The van der Waals surface area contributed by atoms with Gasteiger partial charge in [-0.15, -0.1) is 0 Å². The van der Waals surface area contributed by atoms with Gasteiger partial charge in [-0.2, -0.15) is 5.26 Å². The molecule has 0 aromatic carbocycles. The molecule has 0 aromatic rings. The number of nitrogens with zero attached hydrogens (tertiary/aromatic N) is 4. The molecule has 25 heavy (non-hydrogen) atoms. The minimum Gasteiger partial charge on any atom is -0.331 e. The van der Waals surface area contributed by atoms with E-state index in [1.807, 2.05) is 4.90 Å². The van der Waals surface area contributed by atoms with Gasteiger partial charge in [-0.1, -0.05) is 6.92 Å². The molecule has 2 heterocycles. The normalized spacial score (nSPS) is 34.1. The van der Waals surface area contributed by atoms with E-state index in [1.54, 1.807) is 23.9 Å². The number of likely N-dealkylation sites (tertiary alicyclic amines) is 2. The quantitative estimate of drug-likeness (QED) is 0.787. The van der Waals surface area contributed by atoms with Gasteiger partial charge in [0.2, 0.25) is 5.91 Å². The molecule has 0 bridgehead atoms. The number of hydrogen-bond donors (Lipinski definition) is 0. The maximum absolute atomic E-state index is 12.5. The fourth-order valence-corrected chi connectivity index (χ4v) is 5.15. The summed E-state index contributed by atoms with van der Waals surface area (Å²) in [6.45, 7) is 4.74. The zero-order valence-electron chi connectivity index (χ0n) is 15.7.